The third-order valence-electron chi connectivity index (χ3n) is 15.8. The number of nitrogens with zero attached hydrogens (tertiary/aromatic N) is 2. The van der Waals surface area contributed by atoms with Crippen LogP contribution in [0.25, 0.3) is 79.8 Å². The van der Waals surface area contributed by atoms with Gasteiger partial charge in [0.2, 0.25) is 0 Å². The maximum absolute atomic E-state index is 13.0. The van der Waals surface area contributed by atoms with Crippen LogP contribution in [0.5, 0.6) is 0 Å². The third kappa shape index (κ3) is 10.4. The number of hydrogen-bond acceptors (Lipinski definition) is 3. The Bertz CT molecular complexity index is 3200. The smallest absolute Gasteiger partial charge is 0.0937 e. The molecule has 6 aromatic rings. The summed E-state index contributed by atoms with van der Waals surface area (Å²) in [6.45, 7) is 41.5. The van der Waals surface area contributed by atoms with Crippen LogP contribution in [0.4, 0.5) is 0 Å². The zero-order valence-corrected chi connectivity index (χ0v) is 47.7. The summed E-state index contributed by atoms with van der Waals surface area (Å²) in [5.41, 5.74) is 20.6. The van der Waals surface area contributed by atoms with Crippen molar-refractivity contribution in [3.8, 4) is 33.4 Å². The first-order chi connectivity index (χ1) is 33.8. The fourth-order valence-corrected chi connectivity index (χ4v) is 10.9. The molecule has 73 heavy (non-hydrogen) atoms. The van der Waals surface area contributed by atoms with E-state index in [0.717, 1.165) is 103 Å². The molecule has 2 aliphatic heterocycles. The summed E-state index contributed by atoms with van der Waals surface area (Å²) in [6, 6.07) is 30.4. The van der Waals surface area contributed by atoms with Gasteiger partial charge in [-0.15, -0.1) is 0 Å². The standard InChI is InChI=1S/C68H84N4O/c1-62(2,3)44-32-41(33-45(38-44)63(4,5)6)58-50-22-24-52(69-50)59(42-34-46(64(7,8)9)39-47(35-42)65(10,11)12)54-26-28-56(71-54)61(68(73)30-20-19-21-31-68)57-29-27-55(72-57)60(53-25-23-51(58)70-53)43-36-48(66(13,14)15)40-49(37-43)67(16,17)18/h22-29,32-40,69,72-73H,19-21,30-31H2,1-18H3. The Balaban J connectivity index is 1.52. The SMILES string of the molecule is CC(C)(C)c1cc(-c2c3nc(c(-c4cc(C(C)(C)C)cc(C(C)(C)C)c4)c4ccc([nH]4)c(C4(O)CCCCC4)c4nc(c(-c5cc(C(C)(C)C)cc(C(C)(C)C)c5)c5ccc2[nH]5)C=C4)C=C3)cc(C(C)(C)C)c1. The molecule has 8 bridgehead atoms. The van der Waals surface area contributed by atoms with Gasteiger partial charge in [-0.05, 0) is 144 Å². The van der Waals surface area contributed by atoms with Gasteiger partial charge in [-0.3, -0.25) is 0 Å². The van der Waals surface area contributed by atoms with E-state index in [9.17, 15) is 5.11 Å². The molecule has 3 aromatic carbocycles. The summed E-state index contributed by atoms with van der Waals surface area (Å²) in [5, 5.41) is 13.0. The van der Waals surface area contributed by atoms with Crippen LogP contribution in [0.2, 0.25) is 0 Å². The minimum Gasteiger partial charge on any atom is -0.385 e. The van der Waals surface area contributed by atoms with Crippen LogP contribution in [0.3, 0.4) is 0 Å². The zero-order valence-electron chi connectivity index (χ0n) is 47.7. The summed E-state index contributed by atoms with van der Waals surface area (Å²) in [4.78, 5) is 19.5. The van der Waals surface area contributed by atoms with E-state index in [1.807, 2.05) is 0 Å². The van der Waals surface area contributed by atoms with Crippen LogP contribution in [0.15, 0.2) is 78.9 Å². The predicted octanol–water partition coefficient (Wildman–Crippen LogP) is 18.6. The Morgan fingerprint density at radius 1 is 0.356 bits per heavy atom. The number of H-pyrrole nitrogens is 2. The summed E-state index contributed by atoms with van der Waals surface area (Å²) in [6.07, 6.45) is 13.2. The molecule has 1 fully saturated rings. The third-order valence-corrected chi connectivity index (χ3v) is 15.8. The number of aromatic amines is 2. The van der Waals surface area contributed by atoms with Crippen LogP contribution >= 0.6 is 0 Å². The van der Waals surface area contributed by atoms with Gasteiger partial charge in [0, 0.05) is 44.3 Å². The highest BCUT2D eigenvalue weighted by molar-refractivity contribution is 5.98. The highest BCUT2D eigenvalue weighted by atomic mass is 16.3. The number of hydrogen-bond donors (Lipinski definition) is 3. The molecule has 9 rings (SSSR count). The Kier molecular flexibility index (Phi) is 12.8. The lowest BCUT2D eigenvalue weighted by Gasteiger charge is -2.33. The van der Waals surface area contributed by atoms with Gasteiger partial charge in [-0.1, -0.05) is 198 Å². The fraction of sp³-hybridized carbons (Fsp3) is 0.441. The molecule has 5 heteroatoms. The molecular weight excluding hydrogens is 889 g/mol. The molecule has 1 saturated carbocycles. The molecule has 5 nitrogen and oxygen atoms in total. The lowest BCUT2D eigenvalue weighted by Crippen LogP contribution is -2.29. The Labute approximate surface area is 438 Å². The van der Waals surface area contributed by atoms with E-state index < -0.39 is 5.60 Å². The van der Waals surface area contributed by atoms with E-state index in [4.69, 9.17) is 9.97 Å². The van der Waals surface area contributed by atoms with Crippen LogP contribution in [0.1, 0.15) is 218 Å². The molecule has 5 heterocycles. The molecule has 3 N–H and O–H groups in total. The molecule has 0 unspecified atom stereocenters. The van der Waals surface area contributed by atoms with Crippen molar-refractivity contribution in [3.63, 3.8) is 0 Å². The van der Waals surface area contributed by atoms with Crippen molar-refractivity contribution in [1.29, 1.82) is 0 Å². The van der Waals surface area contributed by atoms with Crippen molar-refractivity contribution in [3.05, 3.63) is 141 Å². The van der Waals surface area contributed by atoms with E-state index >= 15 is 0 Å². The van der Waals surface area contributed by atoms with Crippen molar-refractivity contribution in [1.82, 2.24) is 19.9 Å². The molecule has 0 saturated heterocycles. The van der Waals surface area contributed by atoms with Crippen molar-refractivity contribution >= 4 is 46.4 Å². The van der Waals surface area contributed by atoms with E-state index in [1.165, 1.54) is 33.4 Å². The summed E-state index contributed by atoms with van der Waals surface area (Å²) in [5.74, 6) is 0. The lowest BCUT2D eigenvalue weighted by molar-refractivity contribution is 0.000196. The van der Waals surface area contributed by atoms with Gasteiger partial charge in [-0.25, -0.2) is 9.97 Å². The van der Waals surface area contributed by atoms with E-state index in [-0.39, 0.29) is 32.5 Å². The van der Waals surface area contributed by atoms with Gasteiger partial charge in [-0.2, -0.15) is 0 Å². The van der Waals surface area contributed by atoms with Crippen LogP contribution in [-0.2, 0) is 38.1 Å². The quantitative estimate of drug-likeness (QED) is 0.164. The second-order valence-corrected chi connectivity index (χ2v) is 28.0. The maximum atomic E-state index is 13.0. The Morgan fingerprint density at radius 3 is 0.918 bits per heavy atom. The first-order valence-corrected chi connectivity index (χ1v) is 27.2. The van der Waals surface area contributed by atoms with Crippen molar-refractivity contribution < 1.29 is 5.11 Å². The number of nitrogens with one attached hydrogen (secondary N) is 2. The Hall–Kier alpha value is -5.78. The van der Waals surface area contributed by atoms with Gasteiger partial charge in [0.05, 0.1) is 28.4 Å². The highest BCUT2D eigenvalue weighted by Gasteiger charge is 2.36. The predicted molar refractivity (Wildman–Crippen MR) is 314 cm³/mol. The number of rotatable bonds is 4. The van der Waals surface area contributed by atoms with Crippen molar-refractivity contribution in [2.24, 2.45) is 0 Å². The molecule has 0 spiro atoms. The van der Waals surface area contributed by atoms with Crippen LogP contribution < -0.4 is 0 Å². The largest absolute Gasteiger partial charge is 0.385 e. The minimum atomic E-state index is -1.06. The van der Waals surface area contributed by atoms with Crippen molar-refractivity contribution in [2.75, 3.05) is 0 Å². The van der Waals surface area contributed by atoms with Gasteiger partial charge in [0.15, 0.2) is 0 Å². The first kappa shape index (κ1) is 52.1. The number of aliphatic hydroxyl groups is 1. The second-order valence-electron chi connectivity index (χ2n) is 28.0. The van der Waals surface area contributed by atoms with Gasteiger partial charge in [0.1, 0.15) is 0 Å². The van der Waals surface area contributed by atoms with Crippen LogP contribution in [-0.4, -0.2) is 25.0 Å². The normalized spacial score (nSPS) is 15.6. The molecule has 3 aromatic heterocycles. The number of fused-ring (bicyclic) bond motifs is 8. The average Bonchev–Trinajstić information content (AvgIpc) is 4.13. The maximum Gasteiger partial charge on any atom is 0.0937 e. The number of benzene rings is 3. The molecule has 382 valence electrons. The van der Waals surface area contributed by atoms with Gasteiger partial charge in [0.25, 0.3) is 0 Å². The lowest BCUT2D eigenvalue weighted by atomic mass is 9.78. The summed E-state index contributed by atoms with van der Waals surface area (Å²) >= 11 is 0. The van der Waals surface area contributed by atoms with Gasteiger partial charge < -0.3 is 15.1 Å². The molecular formula is C68H84N4O. The second kappa shape index (κ2) is 18.0. The van der Waals surface area contributed by atoms with Crippen LogP contribution in [0, 0.1) is 0 Å². The fourth-order valence-electron chi connectivity index (χ4n) is 10.9. The van der Waals surface area contributed by atoms with E-state index in [2.05, 4.69) is 238 Å². The minimum absolute atomic E-state index is 0.0962. The molecule has 1 aliphatic carbocycles. The molecule has 0 amide bonds. The highest BCUT2D eigenvalue weighted by Crippen LogP contribution is 2.45. The topological polar surface area (TPSA) is 77.6 Å². The molecule has 0 radical (unpaired) electrons. The van der Waals surface area contributed by atoms with E-state index in [0.29, 0.717) is 12.8 Å². The molecule has 0 atom stereocenters. The summed E-state index contributed by atoms with van der Waals surface area (Å²) < 4.78 is 0. The van der Waals surface area contributed by atoms with Crippen molar-refractivity contribution in [2.45, 2.75) is 195 Å². The first-order valence-electron chi connectivity index (χ1n) is 27.2. The Morgan fingerprint density at radius 2 is 0.616 bits per heavy atom. The monoisotopic (exact) mass is 973 g/mol. The average molecular weight is 973 g/mol. The number of aromatic nitrogens is 4. The van der Waals surface area contributed by atoms with Gasteiger partial charge >= 0.3 is 0 Å². The zero-order chi connectivity index (χ0) is 53.0. The molecule has 3 aliphatic rings. The van der Waals surface area contributed by atoms with E-state index in [1.54, 1.807) is 0 Å². The summed E-state index contributed by atoms with van der Waals surface area (Å²) in [7, 11) is 0.